The summed E-state index contributed by atoms with van der Waals surface area (Å²) in [6, 6.07) is 12.3. The molecule has 3 N–H and O–H groups in total. The summed E-state index contributed by atoms with van der Waals surface area (Å²) in [6.45, 7) is 4.31. The molecule has 0 bridgehead atoms. The van der Waals surface area contributed by atoms with E-state index in [2.05, 4.69) is 48.7 Å². The number of urea groups is 1. The van der Waals surface area contributed by atoms with Crippen molar-refractivity contribution in [1.29, 1.82) is 0 Å². The molecule has 0 radical (unpaired) electrons. The van der Waals surface area contributed by atoms with Gasteiger partial charge in [0.2, 0.25) is 0 Å². The Bertz CT molecular complexity index is 1160. The second-order valence-corrected chi connectivity index (χ2v) is 10.4. The largest absolute Gasteiger partial charge is 0.481 e. The number of aryl methyl sites for hydroxylation is 2. The summed E-state index contributed by atoms with van der Waals surface area (Å²) >= 11 is 1.78. The van der Waals surface area contributed by atoms with E-state index in [4.69, 9.17) is 0 Å². The van der Waals surface area contributed by atoms with E-state index in [0.717, 1.165) is 18.4 Å². The van der Waals surface area contributed by atoms with Crippen LogP contribution in [-0.4, -0.2) is 28.6 Å². The van der Waals surface area contributed by atoms with E-state index in [-0.39, 0.29) is 17.7 Å². The van der Waals surface area contributed by atoms with Crippen molar-refractivity contribution in [3.63, 3.8) is 0 Å². The number of benzene rings is 2. The van der Waals surface area contributed by atoms with Crippen LogP contribution in [0.4, 0.5) is 4.79 Å². The number of carbonyl (C=O) groups is 3. The summed E-state index contributed by atoms with van der Waals surface area (Å²) in [5.41, 5.74) is 3.83. The van der Waals surface area contributed by atoms with Crippen molar-refractivity contribution in [3.8, 4) is 0 Å². The number of hydrogen-bond donors (Lipinski definition) is 3. The first-order valence-corrected chi connectivity index (χ1v) is 12.5. The van der Waals surface area contributed by atoms with Crippen LogP contribution in [0.5, 0.6) is 0 Å². The highest BCUT2D eigenvalue weighted by atomic mass is 32.2. The Labute approximate surface area is 197 Å². The van der Waals surface area contributed by atoms with Crippen LogP contribution in [0.15, 0.2) is 46.2 Å². The monoisotopic (exact) mass is 464 g/mol. The number of carboxylic acid groups (broad SMARTS) is 1. The van der Waals surface area contributed by atoms with Gasteiger partial charge in [0.15, 0.2) is 0 Å². The summed E-state index contributed by atoms with van der Waals surface area (Å²) in [5, 5.41) is 14.8. The average molecular weight is 465 g/mol. The fraction of sp³-hybridized carbons (Fsp3) is 0.423. The zero-order chi connectivity index (χ0) is 23.3. The first kappa shape index (κ1) is 22.0. The van der Waals surface area contributed by atoms with Gasteiger partial charge in [-0.15, -0.1) is 0 Å². The van der Waals surface area contributed by atoms with Crippen LogP contribution in [0, 0.1) is 11.8 Å². The lowest BCUT2D eigenvalue weighted by Crippen LogP contribution is -2.58. The smallest absolute Gasteiger partial charge is 0.322 e. The normalized spacial score (nSPS) is 27.8. The van der Waals surface area contributed by atoms with Gasteiger partial charge in [0.25, 0.3) is 5.91 Å². The predicted molar refractivity (Wildman–Crippen MR) is 125 cm³/mol. The van der Waals surface area contributed by atoms with Crippen LogP contribution in [0.3, 0.4) is 0 Å². The van der Waals surface area contributed by atoms with Crippen LogP contribution in [0.25, 0.3) is 0 Å². The number of hydrogen-bond acceptors (Lipinski definition) is 4. The third-order valence-electron chi connectivity index (χ3n) is 7.60. The molecule has 0 spiro atoms. The Kier molecular flexibility index (Phi) is 5.47. The molecule has 1 saturated heterocycles. The maximum absolute atomic E-state index is 13.2. The summed E-state index contributed by atoms with van der Waals surface area (Å²) in [5.74, 6) is -1.90. The molecule has 2 aromatic carbocycles. The van der Waals surface area contributed by atoms with Crippen molar-refractivity contribution in [1.82, 2.24) is 10.6 Å². The summed E-state index contributed by atoms with van der Waals surface area (Å²) in [4.78, 5) is 39.4. The van der Waals surface area contributed by atoms with Gasteiger partial charge in [0, 0.05) is 15.7 Å². The number of rotatable bonds is 6. The molecule has 5 rings (SSSR count). The molecule has 33 heavy (non-hydrogen) atoms. The number of carbonyl (C=O) groups excluding carboxylic acids is 2. The summed E-state index contributed by atoms with van der Waals surface area (Å²) < 4.78 is 0. The highest BCUT2D eigenvalue weighted by Crippen LogP contribution is 2.53. The van der Waals surface area contributed by atoms with Crippen molar-refractivity contribution in [2.45, 2.75) is 67.2 Å². The molecule has 2 atom stereocenters. The van der Waals surface area contributed by atoms with Crippen molar-refractivity contribution in [2.75, 3.05) is 0 Å². The molecule has 2 unspecified atom stereocenters. The summed E-state index contributed by atoms with van der Waals surface area (Å²) in [7, 11) is 0. The zero-order valence-corrected chi connectivity index (χ0v) is 19.6. The van der Waals surface area contributed by atoms with Crippen LogP contribution in [0.1, 0.15) is 61.3 Å². The second kappa shape index (κ2) is 8.20. The van der Waals surface area contributed by atoms with E-state index in [1.54, 1.807) is 11.8 Å². The Hall–Kier alpha value is -2.80. The molecule has 2 aromatic rings. The van der Waals surface area contributed by atoms with E-state index < -0.39 is 23.5 Å². The van der Waals surface area contributed by atoms with Crippen LogP contribution >= 0.6 is 11.8 Å². The van der Waals surface area contributed by atoms with Crippen molar-refractivity contribution < 1.29 is 19.5 Å². The minimum absolute atomic E-state index is 0.0673. The van der Waals surface area contributed by atoms with Gasteiger partial charge in [0.1, 0.15) is 5.54 Å². The lowest BCUT2D eigenvalue weighted by Gasteiger charge is -2.45. The Morgan fingerprint density at radius 1 is 1.12 bits per heavy atom. The molecule has 2 heterocycles. The maximum Gasteiger partial charge on any atom is 0.322 e. The number of imide groups is 1. The van der Waals surface area contributed by atoms with Gasteiger partial charge >= 0.3 is 12.0 Å². The van der Waals surface area contributed by atoms with Gasteiger partial charge < -0.3 is 10.4 Å². The van der Waals surface area contributed by atoms with Gasteiger partial charge in [-0.25, -0.2) is 4.79 Å². The van der Waals surface area contributed by atoms with Gasteiger partial charge in [-0.2, -0.15) is 0 Å². The highest BCUT2D eigenvalue weighted by molar-refractivity contribution is 7.99. The maximum atomic E-state index is 13.2. The van der Waals surface area contributed by atoms with E-state index >= 15 is 0 Å². The molecule has 2 aliphatic heterocycles. The minimum Gasteiger partial charge on any atom is -0.481 e. The van der Waals surface area contributed by atoms with Gasteiger partial charge in [-0.05, 0) is 66.3 Å². The van der Waals surface area contributed by atoms with Crippen LogP contribution < -0.4 is 10.6 Å². The number of aliphatic carboxylic acids is 1. The molecule has 2 fully saturated rings. The van der Waals surface area contributed by atoms with Gasteiger partial charge in [-0.1, -0.05) is 55.9 Å². The van der Waals surface area contributed by atoms with Crippen molar-refractivity contribution in [2.24, 2.45) is 11.8 Å². The Balaban J connectivity index is 1.62. The number of nitrogens with one attached hydrogen (secondary N) is 2. The summed E-state index contributed by atoms with van der Waals surface area (Å²) in [6.07, 6.45) is 3.05. The third kappa shape index (κ3) is 3.53. The van der Waals surface area contributed by atoms with E-state index in [1.807, 2.05) is 12.1 Å². The van der Waals surface area contributed by atoms with Crippen molar-refractivity contribution >= 4 is 29.7 Å². The Morgan fingerprint density at radius 2 is 1.88 bits per heavy atom. The molecule has 1 saturated carbocycles. The number of carboxylic acids is 1. The minimum atomic E-state index is -1.10. The van der Waals surface area contributed by atoms with Crippen LogP contribution in [0.2, 0.25) is 0 Å². The molecule has 0 aromatic heterocycles. The zero-order valence-electron chi connectivity index (χ0n) is 18.8. The first-order valence-electron chi connectivity index (χ1n) is 11.6. The van der Waals surface area contributed by atoms with E-state index in [9.17, 15) is 19.5 Å². The molecule has 1 aliphatic carbocycles. The van der Waals surface area contributed by atoms with Crippen molar-refractivity contribution in [3.05, 3.63) is 58.7 Å². The molecule has 3 aliphatic rings. The molecule has 7 heteroatoms. The number of amides is 3. The second-order valence-electron chi connectivity index (χ2n) is 9.36. The fourth-order valence-electron chi connectivity index (χ4n) is 5.64. The van der Waals surface area contributed by atoms with E-state index in [0.29, 0.717) is 19.3 Å². The fourth-order valence-corrected chi connectivity index (χ4v) is 6.99. The number of fused-ring (bicyclic) bond motifs is 2. The van der Waals surface area contributed by atoms with E-state index in [1.165, 1.54) is 26.5 Å². The molecular weight excluding hydrogens is 436 g/mol. The molecule has 172 valence electrons. The Morgan fingerprint density at radius 3 is 2.52 bits per heavy atom. The molecular formula is C26H28N2O4S. The van der Waals surface area contributed by atoms with Gasteiger partial charge in [0.05, 0.1) is 5.92 Å². The van der Waals surface area contributed by atoms with Crippen LogP contribution in [-0.2, 0) is 22.4 Å². The standard InChI is InChI=1S/C26H28N2O4S/c1-3-14-9-15(4-2)22-19(10-14)20(18-7-5-6-8-21(18)33-22)13-26(24(31)27-25(32)28-26)17-11-16(12-17)23(29)30/h5-10,16-17,20H,3-4,11-13H2,1-2H3,(H,29,30)(H2,27,28,31,32). The molecule has 6 nitrogen and oxygen atoms in total. The average Bonchev–Trinajstić information content (AvgIpc) is 3.04. The topological polar surface area (TPSA) is 95.5 Å². The highest BCUT2D eigenvalue weighted by Gasteiger charge is 2.58. The lowest BCUT2D eigenvalue weighted by molar-refractivity contribution is -0.149. The first-order chi connectivity index (χ1) is 15.9. The molecule has 3 amide bonds. The SMILES string of the molecule is CCc1cc(CC)c2c(c1)C(CC1(C3CC(C(=O)O)C3)NC(=O)NC1=O)c1ccccc1S2. The predicted octanol–water partition coefficient (Wildman–Crippen LogP) is 4.49. The van der Waals surface area contributed by atoms with Gasteiger partial charge in [-0.3, -0.25) is 14.9 Å². The quantitative estimate of drug-likeness (QED) is 0.548. The lowest BCUT2D eigenvalue weighted by atomic mass is 9.61. The third-order valence-corrected chi connectivity index (χ3v) is 8.90.